The summed E-state index contributed by atoms with van der Waals surface area (Å²) in [5, 5.41) is 7.71. The van der Waals surface area contributed by atoms with Crippen molar-refractivity contribution in [3.63, 3.8) is 0 Å². The molecule has 0 saturated heterocycles. The van der Waals surface area contributed by atoms with E-state index in [9.17, 15) is 14.4 Å². The number of methoxy groups -OCH3 is 1. The van der Waals surface area contributed by atoms with Crippen LogP contribution < -0.4 is 5.32 Å². The van der Waals surface area contributed by atoms with Crippen molar-refractivity contribution in [2.45, 2.75) is 33.7 Å². The number of nitrogens with one attached hydrogen (secondary N) is 2. The third-order valence-electron chi connectivity index (χ3n) is 6.05. The van der Waals surface area contributed by atoms with Crippen LogP contribution in [0.2, 0.25) is 0 Å². The van der Waals surface area contributed by atoms with Crippen molar-refractivity contribution in [2.75, 3.05) is 12.4 Å². The van der Waals surface area contributed by atoms with Crippen molar-refractivity contribution in [2.24, 2.45) is 0 Å². The molecule has 0 aliphatic heterocycles. The SMILES string of the molecule is COC(=O)c1c(CC(=O)Nc2cc(-c3ccccc3C)nn2Cc2ccccc2)[nH]c(C(C)=O)c1C. The van der Waals surface area contributed by atoms with E-state index in [2.05, 4.69) is 10.3 Å². The Morgan fingerprint density at radius 3 is 2.39 bits per heavy atom. The minimum atomic E-state index is -0.602. The Labute approximate surface area is 209 Å². The predicted octanol–water partition coefficient (Wildman–Crippen LogP) is 4.71. The number of aromatic amines is 1. The molecule has 0 unspecified atom stereocenters. The summed E-state index contributed by atoms with van der Waals surface area (Å²) in [5.74, 6) is -0.665. The number of esters is 1. The Hall–Kier alpha value is -4.46. The zero-order valence-corrected chi connectivity index (χ0v) is 20.7. The number of H-pyrrole nitrogens is 1. The number of rotatable bonds is 8. The highest BCUT2D eigenvalue weighted by Gasteiger charge is 2.25. The van der Waals surface area contributed by atoms with Crippen LogP contribution in [0.1, 0.15) is 50.2 Å². The Morgan fingerprint density at radius 1 is 1.03 bits per heavy atom. The van der Waals surface area contributed by atoms with Gasteiger partial charge in [-0.05, 0) is 30.5 Å². The number of hydrogen-bond donors (Lipinski definition) is 2. The number of carbonyl (C=O) groups excluding carboxylic acids is 3. The molecule has 4 aromatic rings. The fourth-order valence-corrected chi connectivity index (χ4v) is 4.26. The van der Waals surface area contributed by atoms with Crippen molar-refractivity contribution < 1.29 is 19.1 Å². The standard InChI is InChI=1S/C28H28N4O4/c1-17-10-8-9-13-21(17)22-14-24(32(31-22)16-20-11-6-5-7-12-20)30-25(34)15-23-26(28(35)36-4)18(2)27(29-23)19(3)33/h5-14,29H,15-16H2,1-4H3,(H,30,34). The molecule has 184 valence electrons. The van der Waals surface area contributed by atoms with Crippen LogP contribution in [-0.4, -0.2) is 39.5 Å². The number of ether oxygens (including phenoxy) is 1. The molecule has 2 aromatic heterocycles. The monoisotopic (exact) mass is 484 g/mol. The second-order valence-electron chi connectivity index (χ2n) is 8.62. The summed E-state index contributed by atoms with van der Waals surface area (Å²) in [6.45, 7) is 5.54. The lowest BCUT2D eigenvalue weighted by Gasteiger charge is -2.09. The zero-order valence-electron chi connectivity index (χ0n) is 20.7. The summed E-state index contributed by atoms with van der Waals surface area (Å²) in [6, 6.07) is 19.6. The van der Waals surface area contributed by atoms with Gasteiger partial charge in [0.05, 0.1) is 37.0 Å². The molecule has 8 heteroatoms. The summed E-state index contributed by atoms with van der Waals surface area (Å²) in [7, 11) is 1.27. The molecular formula is C28H28N4O4. The fraction of sp³-hybridized carbons (Fsp3) is 0.214. The van der Waals surface area contributed by atoms with Crippen LogP contribution in [0.15, 0.2) is 60.7 Å². The molecule has 2 heterocycles. The number of aryl methyl sites for hydroxylation is 1. The van der Waals surface area contributed by atoms with Crippen LogP contribution in [0, 0.1) is 13.8 Å². The molecule has 0 saturated carbocycles. The van der Waals surface area contributed by atoms with Crippen LogP contribution in [0.4, 0.5) is 5.82 Å². The third kappa shape index (κ3) is 5.12. The molecule has 2 N–H and O–H groups in total. The van der Waals surface area contributed by atoms with Gasteiger partial charge in [0.15, 0.2) is 5.78 Å². The smallest absolute Gasteiger partial charge is 0.339 e. The average Bonchev–Trinajstić information content (AvgIpc) is 3.39. The number of benzene rings is 2. The van der Waals surface area contributed by atoms with Crippen molar-refractivity contribution in [1.82, 2.24) is 14.8 Å². The number of ketones is 1. The van der Waals surface area contributed by atoms with Gasteiger partial charge in [0.25, 0.3) is 0 Å². The summed E-state index contributed by atoms with van der Waals surface area (Å²) in [5.41, 5.74) is 5.10. The quantitative estimate of drug-likeness (QED) is 0.278. The largest absolute Gasteiger partial charge is 0.465 e. The minimum absolute atomic E-state index is 0.144. The fourth-order valence-electron chi connectivity index (χ4n) is 4.26. The normalized spacial score (nSPS) is 10.8. The van der Waals surface area contributed by atoms with Crippen LogP contribution in [0.25, 0.3) is 11.3 Å². The second kappa shape index (κ2) is 10.4. The van der Waals surface area contributed by atoms with Crippen molar-refractivity contribution >= 4 is 23.5 Å². The van der Waals surface area contributed by atoms with Gasteiger partial charge in [-0.3, -0.25) is 9.59 Å². The van der Waals surface area contributed by atoms with E-state index in [1.165, 1.54) is 14.0 Å². The lowest BCUT2D eigenvalue weighted by molar-refractivity contribution is -0.115. The third-order valence-corrected chi connectivity index (χ3v) is 6.05. The number of anilines is 1. The first-order chi connectivity index (χ1) is 17.3. The number of Topliss-reactive ketones (excluding diaryl/α,β-unsaturated/α-hetero) is 1. The molecule has 1 amide bonds. The van der Waals surface area contributed by atoms with E-state index in [1.54, 1.807) is 11.6 Å². The van der Waals surface area contributed by atoms with E-state index in [1.807, 2.05) is 67.6 Å². The molecule has 0 aliphatic rings. The van der Waals surface area contributed by atoms with Gasteiger partial charge in [-0.2, -0.15) is 5.10 Å². The zero-order chi connectivity index (χ0) is 25.8. The van der Waals surface area contributed by atoms with Gasteiger partial charge in [-0.1, -0.05) is 54.6 Å². The van der Waals surface area contributed by atoms with Gasteiger partial charge in [0.2, 0.25) is 5.91 Å². The first kappa shape index (κ1) is 24.7. The van der Waals surface area contributed by atoms with E-state index in [-0.39, 0.29) is 29.4 Å². The molecule has 0 fully saturated rings. The Kier molecular flexibility index (Phi) is 7.15. The molecule has 0 aliphatic carbocycles. The highest BCUT2D eigenvalue weighted by atomic mass is 16.5. The Morgan fingerprint density at radius 2 is 1.72 bits per heavy atom. The maximum absolute atomic E-state index is 13.1. The molecular weight excluding hydrogens is 456 g/mol. The van der Waals surface area contributed by atoms with Crippen molar-refractivity contribution in [1.29, 1.82) is 0 Å². The van der Waals surface area contributed by atoms with Crippen molar-refractivity contribution in [3.05, 3.63) is 94.3 Å². The second-order valence-corrected chi connectivity index (χ2v) is 8.62. The molecule has 8 nitrogen and oxygen atoms in total. The minimum Gasteiger partial charge on any atom is -0.465 e. The number of aromatic nitrogens is 3. The van der Waals surface area contributed by atoms with E-state index >= 15 is 0 Å². The summed E-state index contributed by atoms with van der Waals surface area (Å²) in [4.78, 5) is 40.5. The highest BCUT2D eigenvalue weighted by Crippen LogP contribution is 2.26. The van der Waals surface area contributed by atoms with Crippen molar-refractivity contribution in [3.8, 4) is 11.3 Å². The molecule has 4 rings (SSSR count). The topological polar surface area (TPSA) is 106 Å². The maximum Gasteiger partial charge on any atom is 0.339 e. The van der Waals surface area contributed by atoms with E-state index in [0.717, 1.165) is 22.4 Å². The molecule has 2 aromatic carbocycles. The van der Waals surface area contributed by atoms with Crippen LogP contribution in [-0.2, 0) is 22.5 Å². The summed E-state index contributed by atoms with van der Waals surface area (Å²) in [6.07, 6.45) is -0.144. The lowest BCUT2D eigenvalue weighted by Crippen LogP contribution is -2.19. The average molecular weight is 485 g/mol. The molecule has 0 atom stereocenters. The van der Waals surface area contributed by atoms with Gasteiger partial charge in [-0.25, -0.2) is 9.48 Å². The Bertz CT molecular complexity index is 1430. The molecule has 0 spiro atoms. The van der Waals surface area contributed by atoms with Gasteiger partial charge in [0.1, 0.15) is 5.82 Å². The highest BCUT2D eigenvalue weighted by molar-refractivity contribution is 6.02. The number of amides is 1. The molecule has 0 radical (unpaired) electrons. The lowest BCUT2D eigenvalue weighted by atomic mass is 10.1. The van der Waals surface area contributed by atoms with E-state index in [4.69, 9.17) is 9.84 Å². The first-order valence-electron chi connectivity index (χ1n) is 11.6. The van der Waals surface area contributed by atoms with Crippen LogP contribution in [0.3, 0.4) is 0 Å². The predicted molar refractivity (Wildman–Crippen MR) is 137 cm³/mol. The maximum atomic E-state index is 13.1. The summed E-state index contributed by atoms with van der Waals surface area (Å²) >= 11 is 0. The molecule has 36 heavy (non-hydrogen) atoms. The van der Waals surface area contributed by atoms with Crippen LogP contribution >= 0.6 is 0 Å². The van der Waals surface area contributed by atoms with E-state index < -0.39 is 5.97 Å². The van der Waals surface area contributed by atoms with Gasteiger partial charge in [-0.15, -0.1) is 0 Å². The van der Waals surface area contributed by atoms with Gasteiger partial charge in [0, 0.05) is 24.2 Å². The van der Waals surface area contributed by atoms with Gasteiger partial charge < -0.3 is 15.0 Å². The number of carbonyl (C=O) groups is 3. The van der Waals surface area contributed by atoms with E-state index in [0.29, 0.717) is 23.6 Å². The summed E-state index contributed by atoms with van der Waals surface area (Å²) < 4.78 is 6.63. The van der Waals surface area contributed by atoms with Crippen LogP contribution in [0.5, 0.6) is 0 Å². The number of hydrogen-bond acceptors (Lipinski definition) is 5. The number of nitrogens with zero attached hydrogens (tertiary/aromatic N) is 2. The molecule has 0 bridgehead atoms. The van der Waals surface area contributed by atoms with Gasteiger partial charge >= 0.3 is 5.97 Å². The Balaban J connectivity index is 1.66. The first-order valence-corrected chi connectivity index (χ1v) is 11.6.